The molecular weight excluding hydrogens is 433 g/mol. The lowest BCUT2D eigenvalue weighted by Gasteiger charge is -2.40. The molecule has 0 aromatic rings. The maximum atomic E-state index is 13.7. The fourth-order valence-corrected chi connectivity index (χ4v) is 1.74. The molecule has 0 N–H and O–H groups in total. The topological polar surface area (TPSA) is 20.3 Å². The van der Waals surface area contributed by atoms with Gasteiger partial charge in [0.05, 0.1) is 6.54 Å². The third-order valence-corrected chi connectivity index (χ3v) is 3.42. The van der Waals surface area contributed by atoms with E-state index in [0.29, 0.717) is 0 Å². The molecule has 166 valence electrons. The van der Waals surface area contributed by atoms with Gasteiger partial charge in [0.25, 0.3) is 0 Å². The molecule has 0 aliphatic rings. The van der Waals surface area contributed by atoms with Crippen molar-refractivity contribution in [1.29, 1.82) is 0 Å². The lowest BCUT2D eigenvalue weighted by atomic mass is 9.93. The molecule has 0 spiro atoms. The molecule has 0 saturated heterocycles. The summed E-state index contributed by atoms with van der Waals surface area (Å²) in [6.07, 6.45) is -7.46. The fraction of sp³-hybridized carbons (Fsp3) is 0.769. The summed E-state index contributed by atoms with van der Waals surface area (Å²) < 4.78 is 168. The Morgan fingerprint density at radius 2 is 1.11 bits per heavy atom. The van der Waals surface area contributed by atoms with E-state index in [4.69, 9.17) is 0 Å². The highest BCUT2D eigenvalue weighted by atomic mass is 19.4. The SMILES string of the molecule is C=C(C)C(=O)N(CC)CC(F)(F)C(F)(F)C(F)(F)C(F)(F)C(F)(F)C(F)(F)F. The Morgan fingerprint density at radius 3 is 1.39 bits per heavy atom. The molecule has 0 rings (SSSR count). The van der Waals surface area contributed by atoms with Crippen molar-refractivity contribution in [2.75, 3.05) is 13.1 Å². The number of hydrogen-bond donors (Lipinski definition) is 0. The third-order valence-electron chi connectivity index (χ3n) is 3.42. The Labute approximate surface area is 149 Å². The standard InChI is InChI=1S/C13H12F13NO/c1-4-27(7(28)6(2)3)5-8(14,15)9(16,17)10(18,19)11(20,21)12(22,23)13(24,25)26/h2,4-5H2,1,3H3. The number of nitrogens with zero attached hydrogens (tertiary/aromatic N) is 1. The van der Waals surface area contributed by atoms with Gasteiger partial charge in [0.2, 0.25) is 5.91 Å². The minimum absolute atomic E-state index is 0.258. The minimum atomic E-state index is -7.96. The molecule has 28 heavy (non-hydrogen) atoms. The number of rotatable bonds is 8. The normalized spacial score (nSPS) is 14.8. The second kappa shape index (κ2) is 7.28. The van der Waals surface area contributed by atoms with Crippen LogP contribution >= 0.6 is 0 Å². The number of halogens is 13. The molecule has 0 radical (unpaired) electrons. The molecular formula is C13H12F13NO. The van der Waals surface area contributed by atoms with E-state index >= 15 is 0 Å². The van der Waals surface area contributed by atoms with E-state index in [9.17, 15) is 61.9 Å². The quantitative estimate of drug-likeness (QED) is 0.374. The number of amides is 1. The highest BCUT2D eigenvalue weighted by Gasteiger charge is 2.90. The van der Waals surface area contributed by atoms with E-state index in [0.717, 1.165) is 13.8 Å². The molecule has 0 aromatic carbocycles. The highest BCUT2D eigenvalue weighted by Crippen LogP contribution is 2.60. The van der Waals surface area contributed by atoms with Gasteiger partial charge in [-0.25, -0.2) is 0 Å². The summed E-state index contributed by atoms with van der Waals surface area (Å²) in [6, 6.07) is 0. The molecule has 15 heteroatoms. The molecule has 2 nitrogen and oxygen atoms in total. The molecule has 0 heterocycles. The van der Waals surface area contributed by atoms with E-state index in [1.54, 1.807) is 0 Å². The van der Waals surface area contributed by atoms with E-state index in [1.807, 2.05) is 0 Å². The van der Waals surface area contributed by atoms with Gasteiger partial charge in [-0.2, -0.15) is 57.1 Å². The Balaban J connectivity index is 6.24. The Morgan fingerprint density at radius 1 is 0.750 bits per heavy atom. The van der Waals surface area contributed by atoms with Crippen LogP contribution in [-0.4, -0.2) is 59.7 Å². The van der Waals surface area contributed by atoms with Gasteiger partial charge >= 0.3 is 35.8 Å². The van der Waals surface area contributed by atoms with Gasteiger partial charge in [-0.1, -0.05) is 6.58 Å². The minimum Gasteiger partial charge on any atom is -0.333 e. The van der Waals surface area contributed by atoms with Crippen LogP contribution in [0.1, 0.15) is 13.8 Å². The van der Waals surface area contributed by atoms with E-state index in [-0.39, 0.29) is 4.90 Å². The highest BCUT2D eigenvalue weighted by molar-refractivity contribution is 5.92. The first-order valence-electron chi connectivity index (χ1n) is 6.93. The largest absolute Gasteiger partial charge is 0.460 e. The van der Waals surface area contributed by atoms with Crippen LogP contribution in [0.25, 0.3) is 0 Å². The summed E-state index contributed by atoms with van der Waals surface area (Å²) in [5, 5.41) is 0. The van der Waals surface area contributed by atoms with Crippen molar-refractivity contribution >= 4 is 5.91 Å². The zero-order valence-electron chi connectivity index (χ0n) is 13.9. The Hall–Kier alpha value is -1.70. The second-order valence-corrected chi connectivity index (χ2v) is 5.60. The van der Waals surface area contributed by atoms with Gasteiger partial charge in [-0.05, 0) is 13.8 Å². The number of likely N-dealkylation sites (N-methyl/N-ethyl adjacent to an activating group) is 1. The van der Waals surface area contributed by atoms with Crippen molar-refractivity contribution in [1.82, 2.24) is 4.90 Å². The van der Waals surface area contributed by atoms with E-state index in [1.165, 1.54) is 0 Å². The lowest BCUT2D eigenvalue weighted by Crippen LogP contribution is -2.71. The predicted octanol–water partition coefficient (Wildman–Crippen LogP) is 5.15. The van der Waals surface area contributed by atoms with Gasteiger partial charge in [0.1, 0.15) is 0 Å². The smallest absolute Gasteiger partial charge is 0.333 e. The third kappa shape index (κ3) is 3.88. The second-order valence-electron chi connectivity index (χ2n) is 5.60. The van der Waals surface area contributed by atoms with Crippen molar-refractivity contribution in [2.24, 2.45) is 0 Å². The van der Waals surface area contributed by atoms with E-state index in [2.05, 4.69) is 6.58 Å². The van der Waals surface area contributed by atoms with Gasteiger partial charge in [-0.15, -0.1) is 0 Å². The monoisotopic (exact) mass is 445 g/mol. The molecule has 0 unspecified atom stereocenters. The van der Waals surface area contributed by atoms with Crippen LogP contribution in [0.5, 0.6) is 0 Å². The first-order valence-corrected chi connectivity index (χ1v) is 6.93. The van der Waals surface area contributed by atoms with Gasteiger partial charge in [0, 0.05) is 12.1 Å². The van der Waals surface area contributed by atoms with Crippen LogP contribution in [0.15, 0.2) is 12.2 Å². The summed E-state index contributed by atoms with van der Waals surface area (Å²) in [5.41, 5.74) is -0.568. The van der Waals surface area contributed by atoms with Crippen molar-refractivity contribution in [3.8, 4) is 0 Å². The van der Waals surface area contributed by atoms with Gasteiger partial charge < -0.3 is 4.90 Å². The maximum absolute atomic E-state index is 13.7. The molecule has 0 aliphatic heterocycles. The van der Waals surface area contributed by atoms with Crippen molar-refractivity contribution in [3.63, 3.8) is 0 Å². The molecule has 0 aromatic heterocycles. The van der Waals surface area contributed by atoms with E-state index < -0.39 is 60.4 Å². The number of carbonyl (C=O) groups excluding carboxylic acids is 1. The summed E-state index contributed by atoms with van der Waals surface area (Å²) in [4.78, 5) is 11.2. The molecule has 0 aliphatic carbocycles. The van der Waals surface area contributed by atoms with Crippen LogP contribution in [0, 0.1) is 0 Å². The number of carbonyl (C=O) groups is 1. The molecule has 0 fully saturated rings. The predicted molar refractivity (Wildman–Crippen MR) is 67.9 cm³/mol. The molecule has 0 bridgehead atoms. The number of hydrogen-bond acceptors (Lipinski definition) is 1. The van der Waals surface area contributed by atoms with Crippen LogP contribution < -0.4 is 0 Å². The average molecular weight is 445 g/mol. The molecule has 1 amide bonds. The Kier molecular flexibility index (Phi) is 6.84. The van der Waals surface area contributed by atoms with Gasteiger partial charge in [0.15, 0.2) is 0 Å². The molecule has 0 atom stereocenters. The zero-order chi connectivity index (χ0) is 23.1. The van der Waals surface area contributed by atoms with Crippen LogP contribution in [0.2, 0.25) is 0 Å². The summed E-state index contributed by atoms with van der Waals surface area (Å²) in [5.74, 6) is -38.9. The Bertz CT molecular complexity index is 608. The summed E-state index contributed by atoms with van der Waals surface area (Å²) in [7, 11) is 0. The number of alkyl halides is 13. The van der Waals surface area contributed by atoms with Crippen LogP contribution in [-0.2, 0) is 4.79 Å². The van der Waals surface area contributed by atoms with Crippen LogP contribution in [0.4, 0.5) is 57.1 Å². The first-order chi connectivity index (χ1) is 12.0. The molecule has 0 saturated carbocycles. The maximum Gasteiger partial charge on any atom is 0.460 e. The zero-order valence-corrected chi connectivity index (χ0v) is 13.9. The average Bonchev–Trinajstić information content (AvgIpc) is 2.49. The fourth-order valence-electron chi connectivity index (χ4n) is 1.74. The van der Waals surface area contributed by atoms with Crippen molar-refractivity contribution in [2.45, 2.75) is 49.6 Å². The lowest BCUT2D eigenvalue weighted by molar-refractivity contribution is -0.440. The van der Waals surface area contributed by atoms with Crippen molar-refractivity contribution in [3.05, 3.63) is 12.2 Å². The van der Waals surface area contributed by atoms with Crippen molar-refractivity contribution < 1.29 is 61.9 Å². The van der Waals surface area contributed by atoms with Gasteiger partial charge in [-0.3, -0.25) is 4.79 Å². The first kappa shape index (κ1) is 26.3. The van der Waals surface area contributed by atoms with Crippen LogP contribution in [0.3, 0.4) is 0 Å². The summed E-state index contributed by atoms with van der Waals surface area (Å²) >= 11 is 0. The summed E-state index contributed by atoms with van der Waals surface area (Å²) in [6.45, 7) is 1.15.